The Bertz CT molecular complexity index is 1140. The molecule has 0 unspecified atom stereocenters. The van der Waals surface area contributed by atoms with Gasteiger partial charge in [0.1, 0.15) is 11.4 Å². The zero-order valence-electron chi connectivity index (χ0n) is 17.4. The molecule has 1 N–H and O–H groups in total. The average molecular weight is 411 g/mol. The fraction of sp³-hybridized carbons (Fsp3) is 0.409. The van der Waals surface area contributed by atoms with E-state index < -0.39 is 0 Å². The van der Waals surface area contributed by atoms with Crippen LogP contribution in [0.4, 0.5) is 4.39 Å². The predicted octanol–water partition coefficient (Wildman–Crippen LogP) is 2.45. The van der Waals surface area contributed by atoms with Crippen molar-refractivity contribution in [2.45, 2.75) is 33.4 Å². The van der Waals surface area contributed by atoms with E-state index in [4.69, 9.17) is 0 Å². The Morgan fingerprint density at radius 2 is 2.07 bits per heavy atom. The highest BCUT2D eigenvalue weighted by atomic mass is 19.1. The number of H-pyrrole nitrogens is 1. The number of halogens is 1. The number of fused-ring (bicyclic) bond motifs is 1. The van der Waals surface area contributed by atoms with Crippen LogP contribution in [0.2, 0.25) is 0 Å². The lowest BCUT2D eigenvalue weighted by Gasteiger charge is -2.43. The maximum absolute atomic E-state index is 14.1. The van der Waals surface area contributed by atoms with Crippen molar-refractivity contribution in [1.29, 1.82) is 0 Å². The SMILES string of the molecule is Cc1cc(=O)n2[nH]cc(C(=O)N3CCN(Cc4ccccc4F)C[C@@H]3C(C)C)c2n1. The van der Waals surface area contributed by atoms with Gasteiger partial charge in [0, 0.05) is 55.7 Å². The molecule has 3 heterocycles. The third kappa shape index (κ3) is 3.75. The van der Waals surface area contributed by atoms with E-state index in [-0.39, 0.29) is 29.2 Å². The van der Waals surface area contributed by atoms with Crippen LogP contribution >= 0.6 is 0 Å². The van der Waals surface area contributed by atoms with E-state index in [0.717, 1.165) is 0 Å². The van der Waals surface area contributed by atoms with E-state index in [1.54, 1.807) is 25.3 Å². The Balaban J connectivity index is 1.58. The van der Waals surface area contributed by atoms with Crippen LogP contribution in [0.3, 0.4) is 0 Å². The number of piperazine rings is 1. The van der Waals surface area contributed by atoms with Gasteiger partial charge in [0.2, 0.25) is 0 Å². The molecule has 1 aliphatic heterocycles. The molecule has 0 aliphatic carbocycles. The molecule has 1 atom stereocenters. The fourth-order valence-corrected chi connectivity index (χ4v) is 4.11. The molecule has 7 nitrogen and oxygen atoms in total. The van der Waals surface area contributed by atoms with Crippen LogP contribution in [-0.2, 0) is 6.54 Å². The highest BCUT2D eigenvalue weighted by Gasteiger charge is 2.34. The van der Waals surface area contributed by atoms with Crippen LogP contribution in [0, 0.1) is 18.7 Å². The van der Waals surface area contributed by atoms with Gasteiger partial charge in [0.05, 0.1) is 0 Å². The number of carbonyl (C=O) groups excluding carboxylic acids is 1. The van der Waals surface area contributed by atoms with Gasteiger partial charge in [-0.25, -0.2) is 13.9 Å². The topological polar surface area (TPSA) is 73.7 Å². The van der Waals surface area contributed by atoms with Crippen molar-refractivity contribution < 1.29 is 9.18 Å². The average Bonchev–Trinajstić information content (AvgIpc) is 3.13. The smallest absolute Gasteiger partial charge is 0.272 e. The summed E-state index contributed by atoms with van der Waals surface area (Å²) in [4.78, 5) is 34.0. The monoisotopic (exact) mass is 411 g/mol. The van der Waals surface area contributed by atoms with E-state index in [2.05, 4.69) is 28.8 Å². The van der Waals surface area contributed by atoms with Gasteiger partial charge in [0.15, 0.2) is 5.65 Å². The van der Waals surface area contributed by atoms with E-state index in [0.29, 0.717) is 48.6 Å². The van der Waals surface area contributed by atoms with Gasteiger partial charge >= 0.3 is 0 Å². The second-order valence-corrected chi connectivity index (χ2v) is 8.22. The Morgan fingerprint density at radius 1 is 1.30 bits per heavy atom. The maximum Gasteiger partial charge on any atom is 0.272 e. The Kier molecular flexibility index (Phi) is 5.42. The molecule has 1 fully saturated rings. The summed E-state index contributed by atoms with van der Waals surface area (Å²) >= 11 is 0. The zero-order valence-corrected chi connectivity index (χ0v) is 17.4. The largest absolute Gasteiger partial charge is 0.333 e. The van der Waals surface area contributed by atoms with Crippen molar-refractivity contribution in [2.24, 2.45) is 5.92 Å². The molecule has 0 saturated carbocycles. The predicted molar refractivity (Wildman–Crippen MR) is 112 cm³/mol. The quantitative estimate of drug-likeness (QED) is 0.716. The first-order chi connectivity index (χ1) is 14.3. The molecule has 8 heteroatoms. The fourth-order valence-electron chi connectivity index (χ4n) is 4.11. The number of aromatic nitrogens is 3. The summed E-state index contributed by atoms with van der Waals surface area (Å²) in [6.07, 6.45) is 1.55. The maximum atomic E-state index is 14.1. The van der Waals surface area contributed by atoms with E-state index in [9.17, 15) is 14.0 Å². The van der Waals surface area contributed by atoms with Crippen LogP contribution in [0.25, 0.3) is 5.65 Å². The number of hydrogen-bond donors (Lipinski definition) is 1. The standard InChI is InChI=1S/C22H26FN5O2/c1-14(2)19-13-26(12-16-6-4-5-7-18(16)23)8-9-27(19)22(30)17-11-24-28-20(29)10-15(3)25-21(17)28/h4-7,10-11,14,19,24H,8-9,12-13H2,1-3H3/t19-/m1/s1. The van der Waals surface area contributed by atoms with Crippen molar-refractivity contribution in [3.8, 4) is 0 Å². The first-order valence-electron chi connectivity index (χ1n) is 10.2. The highest BCUT2D eigenvalue weighted by molar-refractivity contribution is 5.99. The number of nitrogens with one attached hydrogen (secondary N) is 1. The Labute approximate surface area is 174 Å². The van der Waals surface area contributed by atoms with Gasteiger partial charge in [-0.2, -0.15) is 0 Å². The van der Waals surface area contributed by atoms with Gasteiger partial charge in [-0.3, -0.25) is 19.6 Å². The molecular weight excluding hydrogens is 385 g/mol. The number of amides is 1. The molecule has 0 spiro atoms. The molecule has 1 aromatic carbocycles. The van der Waals surface area contributed by atoms with Crippen molar-refractivity contribution in [1.82, 2.24) is 24.4 Å². The molecule has 1 saturated heterocycles. The highest BCUT2D eigenvalue weighted by Crippen LogP contribution is 2.23. The first kappa shape index (κ1) is 20.3. The van der Waals surface area contributed by atoms with Crippen molar-refractivity contribution in [3.05, 3.63) is 69.5 Å². The molecule has 4 rings (SSSR count). The van der Waals surface area contributed by atoms with E-state index in [1.165, 1.54) is 16.6 Å². The summed E-state index contributed by atoms with van der Waals surface area (Å²) in [5.41, 5.74) is 1.73. The molecule has 3 aromatic rings. The summed E-state index contributed by atoms with van der Waals surface area (Å²) in [6.45, 7) is 8.26. The van der Waals surface area contributed by atoms with Gasteiger partial charge in [-0.1, -0.05) is 32.0 Å². The molecule has 1 amide bonds. The summed E-state index contributed by atoms with van der Waals surface area (Å²) < 4.78 is 15.4. The molecule has 0 radical (unpaired) electrons. The summed E-state index contributed by atoms with van der Waals surface area (Å²) in [5, 5.41) is 2.84. The van der Waals surface area contributed by atoms with Crippen LogP contribution in [0.5, 0.6) is 0 Å². The van der Waals surface area contributed by atoms with Crippen LogP contribution in [0.1, 0.15) is 35.5 Å². The number of hydrogen-bond acceptors (Lipinski definition) is 4. The Hall–Kier alpha value is -3.00. The Morgan fingerprint density at radius 3 is 2.80 bits per heavy atom. The van der Waals surface area contributed by atoms with Crippen molar-refractivity contribution in [2.75, 3.05) is 19.6 Å². The van der Waals surface area contributed by atoms with Gasteiger partial charge in [0.25, 0.3) is 11.5 Å². The zero-order chi connectivity index (χ0) is 21.4. The third-order valence-electron chi connectivity index (χ3n) is 5.74. The molecule has 0 bridgehead atoms. The van der Waals surface area contributed by atoms with Crippen LogP contribution in [-0.4, -0.2) is 56.0 Å². The minimum atomic E-state index is -0.244. The third-order valence-corrected chi connectivity index (χ3v) is 5.74. The molecular formula is C22H26FN5O2. The van der Waals surface area contributed by atoms with Crippen molar-refractivity contribution in [3.63, 3.8) is 0 Å². The number of carbonyl (C=O) groups is 1. The van der Waals surface area contributed by atoms with Crippen LogP contribution < -0.4 is 5.56 Å². The second kappa shape index (κ2) is 8.02. The molecule has 1 aliphatic rings. The minimum Gasteiger partial charge on any atom is -0.333 e. The van der Waals surface area contributed by atoms with Crippen molar-refractivity contribution >= 4 is 11.6 Å². The van der Waals surface area contributed by atoms with Crippen LogP contribution in [0.15, 0.2) is 41.3 Å². The number of benzene rings is 1. The summed E-state index contributed by atoms with van der Waals surface area (Å²) in [5.74, 6) is -0.127. The molecule has 2 aromatic heterocycles. The van der Waals surface area contributed by atoms with Gasteiger partial charge in [-0.15, -0.1) is 0 Å². The lowest BCUT2D eigenvalue weighted by Crippen LogP contribution is -2.56. The first-order valence-corrected chi connectivity index (χ1v) is 10.2. The minimum absolute atomic E-state index is 0.0236. The van der Waals surface area contributed by atoms with E-state index in [1.807, 2.05) is 11.0 Å². The normalized spacial score (nSPS) is 17.8. The molecule has 30 heavy (non-hydrogen) atoms. The summed E-state index contributed by atoms with van der Waals surface area (Å²) in [7, 11) is 0. The number of rotatable bonds is 4. The number of aryl methyl sites for hydroxylation is 1. The van der Waals surface area contributed by atoms with Gasteiger partial charge in [-0.05, 0) is 18.9 Å². The summed E-state index contributed by atoms with van der Waals surface area (Å²) in [6, 6.07) is 8.21. The van der Waals surface area contributed by atoms with Gasteiger partial charge < -0.3 is 4.90 Å². The second-order valence-electron chi connectivity index (χ2n) is 8.22. The number of aromatic amines is 1. The number of nitrogens with zero attached hydrogens (tertiary/aromatic N) is 4. The molecule has 158 valence electrons. The lowest BCUT2D eigenvalue weighted by atomic mass is 9.98. The van der Waals surface area contributed by atoms with E-state index >= 15 is 0 Å². The lowest BCUT2D eigenvalue weighted by molar-refractivity contribution is 0.0328.